The van der Waals surface area contributed by atoms with E-state index in [4.69, 9.17) is 0 Å². The van der Waals surface area contributed by atoms with Gasteiger partial charge in [-0.1, -0.05) is 24.3 Å². The number of likely N-dealkylation sites (N-methyl/N-ethyl adjacent to an activating group) is 1. The molecule has 0 fully saturated rings. The molecule has 0 saturated heterocycles. The van der Waals surface area contributed by atoms with Gasteiger partial charge in [0.2, 0.25) is 5.91 Å². The highest BCUT2D eigenvalue weighted by Crippen LogP contribution is 2.27. The molecule has 10 heteroatoms. The Morgan fingerprint density at radius 1 is 1.02 bits per heavy atom. The van der Waals surface area contributed by atoms with Crippen molar-refractivity contribution in [3.63, 3.8) is 0 Å². The van der Waals surface area contributed by atoms with Crippen LogP contribution >= 0.6 is 0 Å². The monoisotopic (exact) mass is 580 g/mol. The summed E-state index contributed by atoms with van der Waals surface area (Å²) in [5.41, 5.74) is 4.80. The van der Waals surface area contributed by atoms with Crippen LogP contribution < -0.4 is 21.5 Å². The number of benzene rings is 3. The van der Waals surface area contributed by atoms with Crippen LogP contribution in [0.3, 0.4) is 0 Å². The van der Waals surface area contributed by atoms with Crippen molar-refractivity contribution in [1.29, 1.82) is 0 Å². The standard InChI is InChI=1S/C33H33FN6O3/c1-19-17-39(29-13-12-23(34)15-27(19)29)24-9-6-8-22(14-24)18-40-30(25-10-7-11-26(20(25)2)32(42)36-5)37-16-28(33(40)43)38-31(41)21(3)35-4/h6-17,21,35H,18H2,1-5H3,(H,36,42)(H,38,41). The van der Waals surface area contributed by atoms with Crippen LogP contribution in [-0.4, -0.2) is 46.1 Å². The first kappa shape index (κ1) is 29.4. The summed E-state index contributed by atoms with van der Waals surface area (Å²) < 4.78 is 17.4. The second kappa shape index (κ2) is 12.0. The third kappa shape index (κ3) is 5.69. The fraction of sp³-hybridized carbons (Fsp3) is 0.212. The van der Waals surface area contributed by atoms with Gasteiger partial charge >= 0.3 is 0 Å². The SMILES string of the molecule is CNC(=O)c1cccc(-c2ncc(NC(=O)C(C)NC)c(=O)n2Cc2cccc(-n3cc(C)c4cc(F)ccc43)c2)c1C. The molecule has 3 N–H and O–H groups in total. The Hall–Kier alpha value is -5.09. The maximum atomic E-state index is 13.9. The maximum Gasteiger partial charge on any atom is 0.277 e. The van der Waals surface area contributed by atoms with Crippen molar-refractivity contribution >= 4 is 28.4 Å². The van der Waals surface area contributed by atoms with E-state index in [-0.39, 0.29) is 29.9 Å². The molecule has 0 aliphatic heterocycles. The van der Waals surface area contributed by atoms with Crippen LogP contribution in [0.15, 0.2) is 77.9 Å². The van der Waals surface area contributed by atoms with Crippen molar-refractivity contribution in [2.75, 3.05) is 19.4 Å². The number of carbonyl (C=O) groups is 2. The fourth-order valence-corrected chi connectivity index (χ4v) is 5.14. The van der Waals surface area contributed by atoms with Crippen molar-refractivity contribution in [1.82, 2.24) is 24.8 Å². The van der Waals surface area contributed by atoms with Gasteiger partial charge < -0.3 is 20.5 Å². The number of nitrogens with zero attached hydrogens (tertiary/aromatic N) is 3. The molecule has 2 heterocycles. The minimum atomic E-state index is -0.524. The number of halogens is 1. The molecule has 220 valence electrons. The van der Waals surface area contributed by atoms with Crippen molar-refractivity contribution in [2.45, 2.75) is 33.4 Å². The number of aromatic nitrogens is 3. The van der Waals surface area contributed by atoms with Gasteiger partial charge in [0, 0.05) is 35.4 Å². The number of rotatable bonds is 8. The number of aryl methyl sites for hydroxylation is 1. The molecule has 5 aromatic rings. The van der Waals surface area contributed by atoms with E-state index in [0.717, 1.165) is 27.7 Å². The molecule has 0 spiro atoms. The third-order valence-electron chi connectivity index (χ3n) is 7.67. The van der Waals surface area contributed by atoms with E-state index in [1.54, 1.807) is 39.2 Å². The lowest BCUT2D eigenvalue weighted by molar-refractivity contribution is -0.117. The minimum Gasteiger partial charge on any atom is -0.355 e. The van der Waals surface area contributed by atoms with Crippen LogP contribution in [0.1, 0.15) is 34.0 Å². The number of hydrogen-bond donors (Lipinski definition) is 3. The predicted molar refractivity (Wildman–Crippen MR) is 166 cm³/mol. The smallest absolute Gasteiger partial charge is 0.277 e. The first-order chi connectivity index (χ1) is 20.6. The number of amides is 2. The van der Waals surface area contributed by atoms with Crippen LogP contribution in [0.5, 0.6) is 0 Å². The van der Waals surface area contributed by atoms with E-state index in [2.05, 4.69) is 20.9 Å². The van der Waals surface area contributed by atoms with Gasteiger partial charge in [0.05, 0.1) is 24.3 Å². The lowest BCUT2D eigenvalue weighted by atomic mass is 10.0. The number of anilines is 1. The van der Waals surface area contributed by atoms with Gasteiger partial charge in [0.25, 0.3) is 11.5 Å². The zero-order valence-corrected chi connectivity index (χ0v) is 24.7. The van der Waals surface area contributed by atoms with Gasteiger partial charge in [-0.2, -0.15) is 0 Å². The summed E-state index contributed by atoms with van der Waals surface area (Å²) in [6, 6.07) is 17.2. The third-order valence-corrected chi connectivity index (χ3v) is 7.67. The molecule has 43 heavy (non-hydrogen) atoms. The highest BCUT2D eigenvalue weighted by molar-refractivity contribution is 5.97. The maximum absolute atomic E-state index is 13.9. The molecule has 1 atom stereocenters. The second-order valence-electron chi connectivity index (χ2n) is 10.5. The highest BCUT2D eigenvalue weighted by atomic mass is 19.1. The Bertz CT molecular complexity index is 1930. The highest BCUT2D eigenvalue weighted by Gasteiger charge is 2.20. The molecular formula is C33H33FN6O3. The molecule has 2 amide bonds. The topological polar surface area (TPSA) is 110 Å². The van der Waals surface area contributed by atoms with Crippen LogP contribution in [0.4, 0.5) is 10.1 Å². The summed E-state index contributed by atoms with van der Waals surface area (Å²) in [5.74, 6) is -0.559. The second-order valence-corrected chi connectivity index (χ2v) is 10.5. The Labute approximate surface area is 248 Å². The Morgan fingerprint density at radius 3 is 2.53 bits per heavy atom. The van der Waals surface area contributed by atoms with Crippen molar-refractivity contribution in [3.05, 3.63) is 111 Å². The molecule has 1 unspecified atom stereocenters. The normalized spacial score (nSPS) is 11.9. The summed E-state index contributed by atoms with van der Waals surface area (Å²) in [6.07, 6.45) is 3.31. The summed E-state index contributed by atoms with van der Waals surface area (Å²) in [5, 5.41) is 9.02. The van der Waals surface area contributed by atoms with Crippen molar-refractivity contribution in [2.24, 2.45) is 0 Å². The summed E-state index contributed by atoms with van der Waals surface area (Å²) in [4.78, 5) is 43.7. The van der Waals surface area contributed by atoms with E-state index in [0.29, 0.717) is 22.5 Å². The summed E-state index contributed by atoms with van der Waals surface area (Å²) in [6.45, 7) is 5.57. The largest absolute Gasteiger partial charge is 0.355 e. The molecule has 9 nitrogen and oxygen atoms in total. The average Bonchev–Trinajstić information content (AvgIpc) is 3.34. The molecule has 5 rings (SSSR count). The van der Waals surface area contributed by atoms with Crippen LogP contribution in [-0.2, 0) is 11.3 Å². The predicted octanol–water partition coefficient (Wildman–Crippen LogP) is 4.56. The van der Waals surface area contributed by atoms with Crippen molar-refractivity contribution in [3.8, 4) is 17.1 Å². The van der Waals surface area contributed by atoms with E-state index in [9.17, 15) is 18.8 Å². The lowest BCUT2D eigenvalue weighted by Gasteiger charge is -2.18. The summed E-state index contributed by atoms with van der Waals surface area (Å²) in [7, 11) is 3.22. The lowest BCUT2D eigenvalue weighted by Crippen LogP contribution is -2.38. The number of fused-ring (bicyclic) bond motifs is 1. The van der Waals surface area contributed by atoms with E-state index in [1.807, 2.05) is 54.9 Å². The van der Waals surface area contributed by atoms with Crippen molar-refractivity contribution < 1.29 is 14.0 Å². The zero-order chi connectivity index (χ0) is 30.8. The Balaban J connectivity index is 1.63. The van der Waals surface area contributed by atoms with Crippen LogP contribution in [0.2, 0.25) is 0 Å². The fourth-order valence-electron chi connectivity index (χ4n) is 5.14. The van der Waals surface area contributed by atoms with Gasteiger partial charge in [-0.3, -0.25) is 19.0 Å². The van der Waals surface area contributed by atoms with Gasteiger partial charge in [0.1, 0.15) is 17.3 Å². The molecular weight excluding hydrogens is 547 g/mol. The van der Waals surface area contributed by atoms with E-state index < -0.39 is 11.6 Å². The quantitative estimate of drug-likeness (QED) is 0.249. The number of carbonyl (C=O) groups excluding carboxylic acids is 2. The zero-order valence-electron chi connectivity index (χ0n) is 24.7. The number of hydrogen-bond acceptors (Lipinski definition) is 5. The van der Waals surface area contributed by atoms with Crippen LogP contribution in [0.25, 0.3) is 28.0 Å². The van der Waals surface area contributed by atoms with E-state index in [1.165, 1.54) is 22.9 Å². The Kier molecular flexibility index (Phi) is 8.22. The summed E-state index contributed by atoms with van der Waals surface area (Å²) >= 11 is 0. The Morgan fingerprint density at radius 2 is 1.79 bits per heavy atom. The van der Waals surface area contributed by atoms with E-state index >= 15 is 0 Å². The molecule has 0 aliphatic rings. The minimum absolute atomic E-state index is 0.0427. The first-order valence-electron chi connectivity index (χ1n) is 13.9. The first-order valence-corrected chi connectivity index (χ1v) is 13.9. The number of nitrogens with one attached hydrogen (secondary N) is 3. The van der Waals surface area contributed by atoms with Gasteiger partial charge in [-0.05, 0) is 80.9 Å². The van der Waals surface area contributed by atoms with Crippen LogP contribution in [0, 0.1) is 19.7 Å². The van der Waals surface area contributed by atoms with Gasteiger partial charge in [-0.15, -0.1) is 0 Å². The average molecular weight is 581 g/mol. The molecule has 2 aromatic heterocycles. The van der Waals surface area contributed by atoms with Gasteiger partial charge in [0.15, 0.2) is 0 Å². The molecule has 3 aromatic carbocycles. The molecule has 0 bridgehead atoms. The molecule has 0 aliphatic carbocycles. The molecule has 0 saturated carbocycles. The van der Waals surface area contributed by atoms with Gasteiger partial charge in [-0.25, -0.2) is 9.37 Å². The molecule has 0 radical (unpaired) electrons.